The van der Waals surface area contributed by atoms with Crippen LogP contribution in [-0.2, 0) is 0 Å². The van der Waals surface area contributed by atoms with Crippen LogP contribution in [-0.4, -0.2) is 26.4 Å². The Balaban J connectivity index is 1.49. The van der Waals surface area contributed by atoms with Crippen molar-refractivity contribution >= 4 is 23.1 Å². The van der Waals surface area contributed by atoms with Gasteiger partial charge in [0.2, 0.25) is 5.82 Å². The summed E-state index contributed by atoms with van der Waals surface area (Å²) in [5, 5.41) is 9.75. The van der Waals surface area contributed by atoms with Crippen molar-refractivity contribution in [3.63, 3.8) is 0 Å². The van der Waals surface area contributed by atoms with E-state index in [0.717, 1.165) is 4.40 Å². The number of halogens is 2. The maximum atomic E-state index is 13.0. The maximum absolute atomic E-state index is 13.0. The molecule has 10 heteroatoms. The number of hydrogen-bond acceptors (Lipinski definition) is 5. The number of fused-ring (bicyclic) bond motifs is 1. The third-order valence-corrected chi connectivity index (χ3v) is 4.38. The number of amides is 2. The van der Waals surface area contributed by atoms with Gasteiger partial charge in [0.15, 0.2) is 5.65 Å². The summed E-state index contributed by atoms with van der Waals surface area (Å²) in [7, 11) is 0. The predicted octanol–water partition coefficient (Wildman–Crippen LogP) is 3.81. The highest BCUT2D eigenvalue weighted by molar-refractivity contribution is 6.04. The quantitative estimate of drug-likeness (QED) is 0.490. The van der Waals surface area contributed by atoms with Gasteiger partial charge in [-0.1, -0.05) is 12.1 Å². The van der Waals surface area contributed by atoms with Crippen LogP contribution in [0.3, 0.4) is 0 Å². The molecule has 0 saturated carbocycles. The Labute approximate surface area is 174 Å². The van der Waals surface area contributed by atoms with E-state index in [1.54, 1.807) is 48.5 Å². The highest BCUT2D eigenvalue weighted by atomic mass is 19.3. The van der Waals surface area contributed by atoms with E-state index in [4.69, 9.17) is 10.5 Å². The highest BCUT2D eigenvalue weighted by Crippen LogP contribution is 2.26. The molecular weight excluding hydrogens is 408 g/mol. The molecule has 0 aliphatic rings. The molecule has 4 aromatic rings. The smallest absolute Gasteiger partial charge is 0.297 e. The number of rotatable bonds is 6. The number of nitrogens with zero attached hydrogens (tertiary/aromatic N) is 3. The molecule has 156 valence electrons. The fourth-order valence-corrected chi connectivity index (χ4v) is 2.89. The van der Waals surface area contributed by atoms with Gasteiger partial charge in [-0.2, -0.15) is 0 Å². The van der Waals surface area contributed by atoms with Gasteiger partial charge in [0.25, 0.3) is 18.2 Å². The lowest BCUT2D eigenvalue weighted by atomic mass is 10.2. The van der Waals surface area contributed by atoms with E-state index in [0.29, 0.717) is 17.2 Å². The zero-order valence-corrected chi connectivity index (χ0v) is 15.8. The van der Waals surface area contributed by atoms with Crippen molar-refractivity contribution in [2.45, 2.75) is 6.43 Å². The largest absolute Gasteiger partial charge is 0.457 e. The second kappa shape index (κ2) is 8.19. The molecule has 2 heterocycles. The number of alkyl halides is 2. The molecule has 0 atom stereocenters. The lowest BCUT2D eigenvalue weighted by Crippen LogP contribution is -2.13. The molecule has 31 heavy (non-hydrogen) atoms. The number of primary amides is 1. The number of anilines is 1. The molecule has 0 fully saturated rings. The number of ether oxygens (including phenoxy) is 1. The number of carbonyl (C=O) groups excluding carboxylic acids is 2. The van der Waals surface area contributed by atoms with Gasteiger partial charge in [0, 0.05) is 11.9 Å². The van der Waals surface area contributed by atoms with Gasteiger partial charge in [-0.05, 0) is 48.5 Å². The molecule has 2 amide bonds. The molecule has 2 aromatic carbocycles. The Morgan fingerprint density at radius 3 is 2.45 bits per heavy atom. The second-order valence-corrected chi connectivity index (χ2v) is 6.45. The molecule has 4 rings (SSSR count). The van der Waals surface area contributed by atoms with Crippen LogP contribution < -0.4 is 15.8 Å². The van der Waals surface area contributed by atoms with Crippen LogP contribution in [0.25, 0.3) is 5.65 Å². The van der Waals surface area contributed by atoms with Gasteiger partial charge >= 0.3 is 0 Å². The average molecular weight is 423 g/mol. The summed E-state index contributed by atoms with van der Waals surface area (Å²) < 4.78 is 32.8. The highest BCUT2D eigenvalue weighted by Gasteiger charge is 2.17. The Kier molecular flexibility index (Phi) is 5.27. The molecule has 0 unspecified atom stereocenters. The molecule has 3 N–H and O–H groups in total. The molecule has 8 nitrogen and oxygen atoms in total. The number of aromatic nitrogens is 3. The second-order valence-electron chi connectivity index (χ2n) is 6.45. The average Bonchev–Trinajstić information content (AvgIpc) is 3.19. The summed E-state index contributed by atoms with van der Waals surface area (Å²) in [5.74, 6) is -0.909. The number of pyridine rings is 1. The number of para-hydroxylation sites is 1. The Hall–Kier alpha value is -4.34. The lowest BCUT2D eigenvalue weighted by Gasteiger charge is -2.10. The van der Waals surface area contributed by atoms with Crippen LogP contribution >= 0.6 is 0 Å². The van der Waals surface area contributed by atoms with Crippen molar-refractivity contribution < 1.29 is 23.1 Å². The van der Waals surface area contributed by atoms with Crippen LogP contribution in [0.2, 0.25) is 0 Å². The van der Waals surface area contributed by atoms with Gasteiger partial charge < -0.3 is 15.8 Å². The molecule has 0 aliphatic carbocycles. The van der Waals surface area contributed by atoms with Gasteiger partial charge in [0.1, 0.15) is 11.5 Å². The van der Waals surface area contributed by atoms with E-state index >= 15 is 0 Å². The third kappa shape index (κ3) is 4.17. The van der Waals surface area contributed by atoms with E-state index in [1.807, 2.05) is 0 Å². The van der Waals surface area contributed by atoms with Crippen LogP contribution in [0.4, 0.5) is 14.5 Å². The van der Waals surface area contributed by atoms with Crippen LogP contribution in [0.5, 0.6) is 11.5 Å². The summed E-state index contributed by atoms with van der Waals surface area (Å²) >= 11 is 0. The molecule has 0 bridgehead atoms. The summed E-state index contributed by atoms with van der Waals surface area (Å²) in [6, 6.07) is 15.9. The van der Waals surface area contributed by atoms with Crippen molar-refractivity contribution in [2.75, 3.05) is 5.32 Å². The minimum atomic E-state index is -2.82. The van der Waals surface area contributed by atoms with Crippen molar-refractivity contribution in [3.8, 4) is 11.5 Å². The lowest BCUT2D eigenvalue weighted by molar-refractivity contribution is 0.0995. The van der Waals surface area contributed by atoms with Gasteiger partial charge in [-0.25, -0.2) is 8.78 Å². The van der Waals surface area contributed by atoms with Gasteiger partial charge in [0.05, 0.1) is 11.1 Å². The number of benzene rings is 2. The zero-order valence-electron chi connectivity index (χ0n) is 15.8. The number of hydrogen-bond donors (Lipinski definition) is 2. The van der Waals surface area contributed by atoms with Crippen LogP contribution in [0.1, 0.15) is 33.0 Å². The standard InChI is InChI=1S/C21H15F2N5O3/c22-18(23)20-27-26-17-10-5-12(11-28(17)20)21(30)25-13-6-8-14(9-7-13)31-16-4-2-1-3-15(16)19(24)29/h1-11,18H,(H2,24,29)(H,25,30). The summed E-state index contributed by atoms with van der Waals surface area (Å²) in [4.78, 5) is 24.0. The van der Waals surface area contributed by atoms with Crippen molar-refractivity contribution in [3.05, 3.63) is 83.8 Å². The maximum Gasteiger partial charge on any atom is 0.297 e. The fourth-order valence-electron chi connectivity index (χ4n) is 2.89. The summed E-state index contributed by atoms with van der Waals surface area (Å²) in [6.45, 7) is 0. The van der Waals surface area contributed by atoms with E-state index in [2.05, 4.69) is 15.5 Å². The van der Waals surface area contributed by atoms with E-state index in [9.17, 15) is 18.4 Å². The molecule has 0 saturated heterocycles. The van der Waals surface area contributed by atoms with Crippen molar-refractivity contribution in [2.24, 2.45) is 5.73 Å². The fraction of sp³-hybridized carbons (Fsp3) is 0.0476. The van der Waals surface area contributed by atoms with E-state index in [1.165, 1.54) is 18.3 Å². The van der Waals surface area contributed by atoms with E-state index < -0.39 is 24.1 Å². The molecule has 0 aliphatic heterocycles. The Morgan fingerprint density at radius 2 is 1.74 bits per heavy atom. The minimum absolute atomic E-state index is 0.157. The predicted molar refractivity (Wildman–Crippen MR) is 107 cm³/mol. The topological polar surface area (TPSA) is 112 Å². The first-order valence-electron chi connectivity index (χ1n) is 9.03. The first-order valence-corrected chi connectivity index (χ1v) is 9.03. The Bertz CT molecular complexity index is 1270. The molecule has 0 radical (unpaired) electrons. The van der Waals surface area contributed by atoms with Crippen LogP contribution in [0, 0.1) is 0 Å². The number of carbonyl (C=O) groups is 2. The number of nitrogens with one attached hydrogen (secondary N) is 1. The third-order valence-electron chi connectivity index (χ3n) is 4.38. The molecule has 0 spiro atoms. The van der Waals surface area contributed by atoms with E-state index in [-0.39, 0.29) is 16.8 Å². The normalized spacial score (nSPS) is 10.9. The SMILES string of the molecule is NC(=O)c1ccccc1Oc1ccc(NC(=O)c2ccc3nnc(C(F)F)n3c2)cc1. The van der Waals surface area contributed by atoms with Gasteiger partial charge in [-0.3, -0.25) is 14.0 Å². The summed E-state index contributed by atoms with van der Waals surface area (Å²) in [5.41, 5.74) is 6.41. The Morgan fingerprint density at radius 1 is 1.00 bits per heavy atom. The minimum Gasteiger partial charge on any atom is -0.457 e. The van der Waals surface area contributed by atoms with Crippen molar-refractivity contribution in [1.82, 2.24) is 14.6 Å². The first-order chi connectivity index (χ1) is 14.9. The number of nitrogens with two attached hydrogens (primary N) is 1. The first kappa shape index (κ1) is 20.0. The van der Waals surface area contributed by atoms with Crippen molar-refractivity contribution in [1.29, 1.82) is 0 Å². The molecule has 2 aromatic heterocycles. The monoisotopic (exact) mass is 423 g/mol. The molecular formula is C21H15F2N5O3. The van der Waals surface area contributed by atoms with Gasteiger partial charge in [-0.15, -0.1) is 10.2 Å². The summed E-state index contributed by atoms with van der Waals surface area (Å²) in [6.07, 6.45) is -1.56. The zero-order chi connectivity index (χ0) is 22.0. The van der Waals surface area contributed by atoms with Crippen LogP contribution in [0.15, 0.2) is 66.9 Å².